The van der Waals surface area contributed by atoms with E-state index in [4.69, 9.17) is 4.74 Å². The number of nitrogens with zero attached hydrogens (tertiary/aromatic N) is 1. The molecule has 2 fully saturated rings. The van der Waals surface area contributed by atoms with E-state index in [-0.39, 0.29) is 35.8 Å². The average Bonchev–Trinajstić information content (AvgIpc) is 3.44. The van der Waals surface area contributed by atoms with E-state index < -0.39 is 0 Å². The predicted octanol–water partition coefficient (Wildman–Crippen LogP) is 2.43. The molecule has 0 atom stereocenters. The molecule has 2 aliphatic carbocycles. The predicted molar refractivity (Wildman–Crippen MR) is 113 cm³/mol. The Morgan fingerprint density at radius 2 is 1.76 bits per heavy atom. The maximum Gasteiger partial charge on any atom is 0.223 e. The fourth-order valence-electron chi connectivity index (χ4n) is 2.94. The SMILES string of the molecule is CCNC(=NCCCOC1CCCCC1)NCCNC(=O)C1CC1.I. The van der Waals surface area contributed by atoms with Gasteiger partial charge in [0, 0.05) is 38.7 Å². The van der Waals surface area contributed by atoms with Crippen LogP contribution in [0.2, 0.25) is 0 Å². The summed E-state index contributed by atoms with van der Waals surface area (Å²) in [5.41, 5.74) is 0. The zero-order valence-corrected chi connectivity index (χ0v) is 17.8. The number of aliphatic imine (C=N–C) groups is 1. The van der Waals surface area contributed by atoms with Crippen molar-refractivity contribution in [3.05, 3.63) is 0 Å². The van der Waals surface area contributed by atoms with Crippen LogP contribution in [0, 0.1) is 5.92 Å². The molecule has 3 N–H and O–H groups in total. The average molecular weight is 466 g/mol. The number of hydrogen-bond acceptors (Lipinski definition) is 3. The molecule has 7 heteroatoms. The van der Waals surface area contributed by atoms with Crippen molar-refractivity contribution in [1.82, 2.24) is 16.0 Å². The highest BCUT2D eigenvalue weighted by Gasteiger charge is 2.28. The molecule has 2 rings (SSSR count). The van der Waals surface area contributed by atoms with Gasteiger partial charge in [-0.1, -0.05) is 19.3 Å². The number of halogens is 1. The lowest BCUT2D eigenvalue weighted by molar-refractivity contribution is -0.122. The molecule has 1 amide bonds. The van der Waals surface area contributed by atoms with Crippen molar-refractivity contribution in [1.29, 1.82) is 0 Å². The zero-order valence-electron chi connectivity index (χ0n) is 15.5. The van der Waals surface area contributed by atoms with Gasteiger partial charge in [0.05, 0.1) is 6.10 Å². The molecule has 6 nitrogen and oxygen atoms in total. The second-order valence-corrected chi connectivity index (χ2v) is 6.74. The molecule has 0 spiro atoms. The first kappa shape index (κ1) is 22.5. The van der Waals surface area contributed by atoms with Crippen LogP contribution in [0.4, 0.5) is 0 Å². The molecule has 0 aromatic heterocycles. The largest absolute Gasteiger partial charge is 0.378 e. The number of rotatable bonds is 10. The molecule has 0 radical (unpaired) electrons. The Hall–Kier alpha value is -0.570. The summed E-state index contributed by atoms with van der Waals surface area (Å²) >= 11 is 0. The van der Waals surface area contributed by atoms with Crippen molar-refractivity contribution in [2.75, 3.05) is 32.8 Å². The normalized spacial score (nSPS) is 18.4. The number of guanidine groups is 1. The van der Waals surface area contributed by atoms with Crippen molar-refractivity contribution in [3.63, 3.8) is 0 Å². The summed E-state index contributed by atoms with van der Waals surface area (Å²) in [6.07, 6.45) is 9.96. The smallest absolute Gasteiger partial charge is 0.223 e. The Morgan fingerprint density at radius 1 is 1.04 bits per heavy atom. The number of nitrogens with one attached hydrogen (secondary N) is 3. The molecule has 0 unspecified atom stereocenters. The minimum absolute atomic E-state index is 0. The van der Waals surface area contributed by atoms with Gasteiger partial charge >= 0.3 is 0 Å². The third kappa shape index (κ3) is 10.2. The van der Waals surface area contributed by atoms with Gasteiger partial charge in [0.2, 0.25) is 5.91 Å². The van der Waals surface area contributed by atoms with E-state index in [9.17, 15) is 4.79 Å². The fourth-order valence-corrected chi connectivity index (χ4v) is 2.94. The summed E-state index contributed by atoms with van der Waals surface area (Å²) in [6.45, 7) is 5.78. The molecule has 2 saturated carbocycles. The molecule has 0 aliphatic heterocycles. The summed E-state index contributed by atoms with van der Waals surface area (Å²) in [5, 5.41) is 9.44. The third-order valence-electron chi connectivity index (χ3n) is 4.49. The van der Waals surface area contributed by atoms with Gasteiger partial charge in [0.25, 0.3) is 0 Å². The van der Waals surface area contributed by atoms with Crippen LogP contribution in [0.3, 0.4) is 0 Å². The molecule has 25 heavy (non-hydrogen) atoms. The lowest BCUT2D eigenvalue weighted by atomic mass is 9.98. The molecule has 146 valence electrons. The number of ether oxygens (including phenoxy) is 1. The summed E-state index contributed by atoms with van der Waals surface area (Å²) in [4.78, 5) is 16.1. The standard InChI is InChI=1S/C18H34N4O2.HI/c1-2-19-18(22-13-12-20-17(23)15-9-10-15)21-11-6-14-24-16-7-4-3-5-8-16;/h15-16H,2-14H2,1H3,(H,20,23)(H2,19,21,22);1H. The minimum atomic E-state index is 0. The number of hydrogen-bond donors (Lipinski definition) is 3. The highest BCUT2D eigenvalue weighted by atomic mass is 127. The van der Waals surface area contributed by atoms with Gasteiger partial charge in [0.15, 0.2) is 5.96 Å². The van der Waals surface area contributed by atoms with E-state index in [1.54, 1.807) is 0 Å². The van der Waals surface area contributed by atoms with Crippen LogP contribution in [-0.4, -0.2) is 50.8 Å². The first-order chi connectivity index (χ1) is 11.8. The fraction of sp³-hybridized carbons (Fsp3) is 0.889. The van der Waals surface area contributed by atoms with Gasteiger partial charge in [-0.2, -0.15) is 0 Å². The molecule has 0 heterocycles. The van der Waals surface area contributed by atoms with Crippen molar-refractivity contribution in [2.24, 2.45) is 10.9 Å². The Balaban J connectivity index is 0.00000312. The first-order valence-electron chi connectivity index (χ1n) is 9.71. The Bertz CT molecular complexity index is 397. The molecule has 0 saturated heterocycles. The molecular weight excluding hydrogens is 431 g/mol. The van der Waals surface area contributed by atoms with E-state index >= 15 is 0 Å². The lowest BCUT2D eigenvalue weighted by Crippen LogP contribution is -2.41. The summed E-state index contributed by atoms with van der Waals surface area (Å²) in [7, 11) is 0. The summed E-state index contributed by atoms with van der Waals surface area (Å²) in [5.74, 6) is 1.28. The van der Waals surface area contributed by atoms with Crippen LogP contribution in [0.5, 0.6) is 0 Å². The molecule has 0 bridgehead atoms. The van der Waals surface area contributed by atoms with E-state index in [2.05, 4.69) is 27.9 Å². The molecular formula is C18H35IN4O2. The highest BCUT2D eigenvalue weighted by Crippen LogP contribution is 2.28. The van der Waals surface area contributed by atoms with Gasteiger partial charge in [0.1, 0.15) is 0 Å². The number of carbonyl (C=O) groups excluding carboxylic acids is 1. The van der Waals surface area contributed by atoms with E-state index in [0.717, 1.165) is 44.9 Å². The Labute approximate surface area is 169 Å². The van der Waals surface area contributed by atoms with Crippen molar-refractivity contribution < 1.29 is 9.53 Å². The minimum Gasteiger partial charge on any atom is -0.378 e. The van der Waals surface area contributed by atoms with Crippen molar-refractivity contribution in [2.45, 2.75) is 64.4 Å². The van der Waals surface area contributed by atoms with E-state index in [0.29, 0.717) is 19.2 Å². The van der Waals surface area contributed by atoms with Crippen LogP contribution in [0.25, 0.3) is 0 Å². The van der Waals surface area contributed by atoms with Crippen LogP contribution in [0.15, 0.2) is 4.99 Å². The van der Waals surface area contributed by atoms with Crippen LogP contribution in [0.1, 0.15) is 58.3 Å². The van der Waals surface area contributed by atoms with E-state index in [1.807, 2.05) is 0 Å². The van der Waals surface area contributed by atoms with Crippen LogP contribution >= 0.6 is 24.0 Å². The van der Waals surface area contributed by atoms with Crippen LogP contribution in [-0.2, 0) is 9.53 Å². The quantitative estimate of drug-likeness (QED) is 0.200. The van der Waals surface area contributed by atoms with Gasteiger partial charge < -0.3 is 20.7 Å². The van der Waals surface area contributed by atoms with Crippen LogP contribution < -0.4 is 16.0 Å². The second-order valence-electron chi connectivity index (χ2n) is 6.74. The third-order valence-corrected chi connectivity index (χ3v) is 4.49. The maximum atomic E-state index is 11.6. The highest BCUT2D eigenvalue weighted by molar-refractivity contribution is 14.0. The Morgan fingerprint density at radius 3 is 2.44 bits per heavy atom. The van der Waals surface area contributed by atoms with Gasteiger partial charge in [-0.15, -0.1) is 24.0 Å². The zero-order chi connectivity index (χ0) is 17.0. The monoisotopic (exact) mass is 466 g/mol. The van der Waals surface area contributed by atoms with E-state index in [1.165, 1.54) is 32.1 Å². The van der Waals surface area contributed by atoms with Gasteiger partial charge in [-0.05, 0) is 39.0 Å². The topological polar surface area (TPSA) is 74.8 Å². The second kappa shape index (κ2) is 13.6. The van der Waals surface area contributed by atoms with Gasteiger partial charge in [-0.25, -0.2) is 0 Å². The molecule has 0 aromatic rings. The molecule has 0 aromatic carbocycles. The Kier molecular flexibility index (Phi) is 12.2. The maximum absolute atomic E-state index is 11.6. The van der Waals surface area contributed by atoms with Crippen molar-refractivity contribution in [3.8, 4) is 0 Å². The first-order valence-corrected chi connectivity index (χ1v) is 9.71. The lowest BCUT2D eigenvalue weighted by Gasteiger charge is -2.21. The van der Waals surface area contributed by atoms with Gasteiger partial charge in [-0.3, -0.25) is 9.79 Å². The van der Waals surface area contributed by atoms with Crippen molar-refractivity contribution >= 4 is 35.8 Å². The molecule has 2 aliphatic rings. The summed E-state index contributed by atoms with van der Waals surface area (Å²) in [6, 6.07) is 0. The number of amides is 1. The summed E-state index contributed by atoms with van der Waals surface area (Å²) < 4.78 is 5.92. The number of carbonyl (C=O) groups is 1.